The first-order chi connectivity index (χ1) is 11.3. The van der Waals surface area contributed by atoms with Crippen LogP contribution in [0.4, 0.5) is 4.79 Å². The van der Waals surface area contributed by atoms with Gasteiger partial charge in [-0.05, 0) is 46.5 Å². The van der Waals surface area contributed by atoms with Gasteiger partial charge in [0.2, 0.25) is 0 Å². The molecule has 140 valence electrons. The minimum absolute atomic E-state index is 0.0253. The van der Waals surface area contributed by atoms with E-state index in [1.165, 1.54) is 13.5 Å². The van der Waals surface area contributed by atoms with Crippen molar-refractivity contribution in [3.63, 3.8) is 0 Å². The molecular weight excluding hydrogens is 308 g/mol. The molecule has 0 aromatic heterocycles. The zero-order chi connectivity index (χ0) is 18.0. The molecule has 0 aliphatic heterocycles. The lowest BCUT2D eigenvalue weighted by Crippen LogP contribution is -2.39. The van der Waals surface area contributed by atoms with Crippen molar-refractivity contribution in [3.8, 4) is 0 Å². The van der Waals surface area contributed by atoms with E-state index in [2.05, 4.69) is 10.6 Å². The van der Waals surface area contributed by atoms with Crippen molar-refractivity contribution in [3.05, 3.63) is 0 Å². The number of esters is 1. The molecule has 0 aromatic rings. The van der Waals surface area contributed by atoms with Gasteiger partial charge in [-0.3, -0.25) is 4.79 Å². The average molecular weight is 342 g/mol. The van der Waals surface area contributed by atoms with Crippen LogP contribution in [0.2, 0.25) is 0 Å². The zero-order valence-electron chi connectivity index (χ0n) is 15.7. The van der Waals surface area contributed by atoms with Crippen molar-refractivity contribution in [2.75, 3.05) is 20.2 Å². The van der Waals surface area contributed by atoms with Gasteiger partial charge < -0.3 is 20.1 Å². The fourth-order valence-electron chi connectivity index (χ4n) is 3.01. The Bertz CT molecular complexity index is 393. The molecule has 0 bridgehead atoms. The summed E-state index contributed by atoms with van der Waals surface area (Å²) in [5, 5.41) is 6.25. The largest absolute Gasteiger partial charge is 0.469 e. The Hall–Kier alpha value is -1.30. The Balaban J connectivity index is 2.30. The summed E-state index contributed by atoms with van der Waals surface area (Å²) in [5.41, 5.74) is -0.474. The predicted molar refractivity (Wildman–Crippen MR) is 93.9 cm³/mol. The molecule has 1 aliphatic rings. The first-order valence-corrected chi connectivity index (χ1v) is 9.10. The Kier molecular flexibility index (Phi) is 9.11. The number of alkyl carbamates (subject to hydrolysis) is 1. The van der Waals surface area contributed by atoms with Crippen LogP contribution < -0.4 is 10.6 Å². The third kappa shape index (κ3) is 9.11. The lowest BCUT2D eigenvalue weighted by Gasteiger charge is -2.21. The van der Waals surface area contributed by atoms with E-state index in [-0.39, 0.29) is 18.0 Å². The maximum Gasteiger partial charge on any atom is 0.407 e. The third-order valence-corrected chi connectivity index (χ3v) is 4.23. The summed E-state index contributed by atoms with van der Waals surface area (Å²) >= 11 is 0. The number of hydrogen-bond donors (Lipinski definition) is 2. The molecule has 1 saturated carbocycles. The average Bonchev–Trinajstić information content (AvgIpc) is 2.61. The summed E-state index contributed by atoms with van der Waals surface area (Å²) in [4.78, 5) is 23.4. The number of carbonyl (C=O) groups excluding carboxylic acids is 2. The number of hydrogen-bond acceptors (Lipinski definition) is 5. The molecule has 24 heavy (non-hydrogen) atoms. The number of nitrogens with one attached hydrogen (secondary N) is 2. The van der Waals surface area contributed by atoms with Crippen molar-refractivity contribution in [1.82, 2.24) is 10.6 Å². The monoisotopic (exact) mass is 342 g/mol. The molecule has 0 aromatic carbocycles. The van der Waals surface area contributed by atoms with Gasteiger partial charge in [0.05, 0.1) is 13.0 Å². The second-order valence-electron chi connectivity index (χ2n) is 7.52. The highest BCUT2D eigenvalue weighted by molar-refractivity contribution is 5.72. The Morgan fingerprint density at radius 3 is 2.38 bits per heavy atom. The van der Waals surface area contributed by atoms with Gasteiger partial charge in [-0.15, -0.1) is 0 Å². The van der Waals surface area contributed by atoms with E-state index in [0.717, 1.165) is 38.5 Å². The smallest absolute Gasteiger partial charge is 0.407 e. The van der Waals surface area contributed by atoms with E-state index >= 15 is 0 Å². The third-order valence-electron chi connectivity index (χ3n) is 4.23. The Labute approximate surface area is 146 Å². The molecule has 0 radical (unpaired) electrons. The topological polar surface area (TPSA) is 76.7 Å². The van der Waals surface area contributed by atoms with Gasteiger partial charge in [0.1, 0.15) is 5.60 Å². The second-order valence-corrected chi connectivity index (χ2v) is 7.52. The van der Waals surface area contributed by atoms with Crippen LogP contribution in [0.15, 0.2) is 0 Å². The van der Waals surface area contributed by atoms with Crippen LogP contribution in [0, 0.1) is 5.92 Å². The van der Waals surface area contributed by atoms with Crippen molar-refractivity contribution < 1.29 is 19.1 Å². The van der Waals surface area contributed by atoms with Crippen LogP contribution in [0.25, 0.3) is 0 Å². The molecule has 0 saturated heterocycles. The quantitative estimate of drug-likeness (QED) is 0.593. The molecule has 0 heterocycles. The number of methoxy groups -OCH3 is 1. The van der Waals surface area contributed by atoms with E-state index < -0.39 is 5.60 Å². The number of rotatable bonds is 5. The maximum absolute atomic E-state index is 11.8. The molecule has 6 heteroatoms. The van der Waals surface area contributed by atoms with Crippen molar-refractivity contribution in [2.24, 2.45) is 5.92 Å². The van der Waals surface area contributed by atoms with Crippen LogP contribution in [0.3, 0.4) is 0 Å². The molecule has 0 spiro atoms. The highest BCUT2D eigenvalue weighted by Gasteiger charge is 2.22. The van der Waals surface area contributed by atoms with Crippen LogP contribution >= 0.6 is 0 Å². The molecule has 2 unspecified atom stereocenters. The summed E-state index contributed by atoms with van der Waals surface area (Å²) in [6, 6.07) is 0.385. The number of ether oxygens (including phenoxy) is 2. The molecule has 2 N–H and O–H groups in total. The van der Waals surface area contributed by atoms with E-state index in [0.29, 0.717) is 19.1 Å². The lowest BCUT2D eigenvalue weighted by molar-refractivity contribution is -0.146. The molecule has 2 atom stereocenters. The number of carbonyl (C=O) groups is 2. The van der Waals surface area contributed by atoms with Gasteiger partial charge >= 0.3 is 12.1 Å². The molecule has 1 aliphatic carbocycles. The minimum atomic E-state index is -0.474. The van der Waals surface area contributed by atoms with Gasteiger partial charge in [0, 0.05) is 19.1 Å². The fourth-order valence-corrected chi connectivity index (χ4v) is 3.01. The van der Waals surface area contributed by atoms with Crippen molar-refractivity contribution in [2.45, 2.75) is 77.4 Å². The van der Waals surface area contributed by atoms with Crippen LogP contribution in [-0.2, 0) is 14.3 Å². The van der Waals surface area contributed by atoms with E-state index in [1.807, 2.05) is 20.8 Å². The van der Waals surface area contributed by atoms with Gasteiger partial charge in [0.25, 0.3) is 0 Å². The van der Waals surface area contributed by atoms with E-state index in [1.54, 1.807) is 0 Å². The first kappa shape index (κ1) is 20.7. The normalized spacial score (nSPS) is 22.7. The Morgan fingerprint density at radius 2 is 1.71 bits per heavy atom. The predicted octanol–water partition coefficient (Wildman–Crippen LogP) is 3.00. The van der Waals surface area contributed by atoms with E-state index in [9.17, 15) is 9.59 Å². The molecule has 1 fully saturated rings. The molecule has 1 rings (SSSR count). The van der Waals surface area contributed by atoms with Gasteiger partial charge in [0.15, 0.2) is 0 Å². The van der Waals surface area contributed by atoms with Gasteiger partial charge in [-0.2, -0.15) is 0 Å². The van der Waals surface area contributed by atoms with Crippen LogP contribution in [-0.4, -0.2) is 43.9 Å². The first-order valence-electron chi connectivity index (χ1n) is 9.10. The highest BCUT2D eigenvalue weighted by atomic mass is 16.6. The summed E-state index contributed by atoms with van der Waals surface area (Å²) in [6.07, 6.45) is 6.90. The highest BCUT2D eigenvalue weighted by Crippen LogP contribution is 2.23. The fraction of sp³-hybridized carbons (Fsp3) is 0.889. The molecule has 1 amide bonds. The summed E-state index contributed by atoms with van der Waals surface area (Å²) in [5.74, 6) is -0.0560. The summed E-state index contributed by atoms with van der Waals surface area (Å²) in [6.45, 7) is 6.78. The second kappa shape index (κ2) is 10.5. The zero-order valence-corrected chi connectivity index (χ0v) is 15.7. The summed E-state index contributed by atoms with van der Waals surface area (Å²) < 4.78 is 10.1. The van der Waals surface area contributed by atoms with Crippen molar-refractivity contribution >= 4 is 12.1 Å². The summed E-state index contributed by atoms with van der Waals surface area (Å²) in [7, 11) is 1.47. The number of amides is 1. The SMILES string of the molecule is COC(=O)C1CCCCCC(NCCNC(=O)OC(C)(C)C)CC1. The minimum Gasteiger partial charge on any atom is -0.469 e. The maximum atomic E-state index is 11.8. The van der Waals surface area contributed by atoms with E-state index in [4.69, 9.17) is 9.47 Å². The van der Waals surface area contributed by atoms with Crippen LogP contribution in [0.5, 0.6) is 0 Å². The molecule has 6 nitrogen and oxygen atoms in total. The Morgan fingerprint density at radius 1 is 1.00 bits per heavy atom. The lowest BCUT2D eigenvalue weighted by atomic mass is 9.96. The van der Waals surface area contributed by atoms with Crippen molar-refractivity contribution in [1.29, 1.82) is 0 Å². The van der Waals surface area contributed by atoms with Crippen LogP contribution in [0.1, 0.15) is 65.7 Å². The van der Waals surface area contributed by atoms with Gasteiger partial charge in [-0.25, -0.2) is 4.79 Å². The van der Waals surface area contributed by atoms with Gasteiger partial charge in [-0.1, -0.05) is 19.3 Å². The standard InChI is InChI=1S/C18H34N2O4/c1-18(2,3)24-17(22)20-13-12-19-15-9-7-5-6-8-14(10-11-15)16(21)23-4/h14-15,19H,5-13H2,1-4H3,(H,20,22). The molecular formula is C18H34N2O4.